The quantitative estimate of drug-likeness (QED) is 0.299. The van der Waals surface area contributed by atoms with Crippen molar-refractivity contribution in [2.75, 3.05) is 27.2 Å². The van der Waals surface area contributed by atoms with Crippen LogP contribution in [0.2, 0.25) is 0 Å². The van der Waals surface area contributed by atoms with E-state index in [0.29, 0.717) is 0 Å². The maximum Gasteiger partial charge on any atom is 0.367 e. The third-order valence-electron chi connectivity index (χ3n) is 5.43. The van der Waals surface area contributed by atoms with Crippen LogP contribution in [0, 0.1) is 0 Å². The van der Waals surface area contributed by atoms with Gasteiger partial charge in [0.05, 0.1) is 26.2 Å². The molecule has 0 radical (unpaired) electrons. The molecule has 0 N–H and O–H groups in total. The summed E-state index contributed by atoms with van der Waals surface area (Å²) in [6, 6.07) is 16.5. The summed E-state index contributed by atoms with van der Waals surface area (Å²) in [5.74, 6) is -1.13. The number of carbonyl (C=O) groups is 1. The molecule has 0 atom stereocenters. The van der Waals surface area contributed by atoms with Crippen molar-refractivity contribution in [2.24, 2.45) is 0 Å². The second kappa shape index (κ2) is 9.64. The number of carbonyl (C=O) groups excluding carboxylic acids is 1. The lowest BCUT2D eigenvalue weighted by Crippen LogP contribution is -2.41. The number of rotatable bonds is 10. The zero-order valence-corrected chi connectivity index (χ0v) is 19.5. The molecule has 0 bridgehead atoms. The molecule has 9 heteroatoms. The Hall–Kier alpha value is -2.36. The number of nitrogens with zero attached hydrogens (tertiary/aromatic N) is 1. The zero-order valence-electron chi connectivity index (χ0n) is 18.7. The molecule has 32 heavy (non-hydrogen) atoms. The summed E-state index contributed by atoms with van der Waals surface area (Å²) in [6.07, 6.45) is 0.865. The smallest absolute Gasteiger partial charge is 0.367 e. The first-order valence-electron chi connectivity index (χ1n) is 10.1. The molecule has 0 unspecified atom stereocenters. The van der Waals surface area contributed by atoms with E-state index in [4.69, 9.17) is 0 Å². The summed E-state index contributed by atoms with van der Waals surface area (Å²) < 4.78 is 62.9. The third-order valence-corrected chi connectivity index (χ3v) is 6.28. The molecule has 0 aliphatic carbocycles. The first-order chi connectivity index (χ1) is 14.6. The Morgan fingerprint density at radius 1 is 1.03 bits per heavy atom. The molecular weight excluding hydrogens is 440 g/mol. The summed E-state index contributed by atoms with van der Waals surface area (Å²) in [7, 11) is -1.57. The lowest BCUT2D eigenvalue weighted by Gasteiger charge is -2.34. The van der Waals surface area contributed by atoms with Crippen LogP contribution in [0.1, 0.15) is 41.8 Å². The van der Waals surface area contributed by atoms with Crippen molar-refractivity contribution in [3.63, 3.8) is 0 Å². The summed E-state index contributed by atoms with van der Waals surface area (Å²) in [6.45, 7) is 4.15. The summed E-state index contributed by atoms with van der Waals surface area (Å²) in [5, 5.41) is -4.67. The minimum atomic E-state index is -5.91. The van der Waals surface area contributed by atoms with Crippen molar-refractivity contribution >= 4 is 16.1 Å². The molecule has 0 amide bonds. The van der Waals surface area contributed by atoms with Crippen LogP contribution in [-0.2, 0) is 26.8 Å². The number of hydrogen-bond donors (Lipinski definition) is 0. The van der Waals surface area contributed by atoms with Crippen molar-refractivity contribution in [2.45, 2.75) is 37.5 Å². The predicted molar refractivity (Wildman–Crippen MR) is 116 cm³/mol. The molecule has 0 saturated carbocycles. The van der Waals surface area contributed by atoms with Crippen LogP contribution in [0.15, 0.2) is 54.6 Å². The predicted octanol–water partition coefficient (Wildman–Crippen LogP) is 3.93. The van der Waals surface area contributed by atoms with Gasteiger partial charge in [0.25, 0.3) is 0 Å². The van der Waals surface area contributed by atoms with Gasteiger partial charge in [-0.1, -0.05) is 56.3 Å². The topological polar surface area (TPSA) is 83.5 Å². The lowest BCUT2D eigenvalue weighted by molar-refractivity contribution is -0.904. The Bertz CT molecular complexity index is 1020. The normalized spacial score (nSPS) is 13.1. The molecule has 2 aromatic rings. The average molecular weight is 470 g/mol. The zero-order chi connectivity index (χ0) is 24.2. The number of halogens is 2. The highest BCUT2D eigenvalue weighted by Crippen LogP contribution is 2.29. The molecule has 0 heterocycles. The minimum Gasteiger partial charge on any atom is -0.743 e. The van der Waals surface area contributed by atoms with E-state index < -0.39 is 27.9 Å². The number of esters is 1. The van der Waals surface area contributed by atoms with E-state index >= 15 is 0 Å². The van der Waals surface area contributed by atoms with Gasteiger partial charge < -0.3 is 13.8 Å². The van der Waals surface area contributed by atoms with E-state index in [1.165, 1.54) is 17.7 Å². The van der Waals surface area contributed by atoms with Crippen molar-refractivity contribution in [1.29, 1.82) is 0 Å². The van der Waals surface area contributed by atoms with E-state index in [0.717, 1.165) is 29.6 Å². The monoisotopic (exact) mass is 469 g/mol. The van der Waals surface area contributed by atoms with Gasteiger partial charge in [-0.15, -0.1) is 0 Å². The van der Waals surface area contributed by atoms with Crippen LogP contribution >= 0.6 is 0 Å². The molecule has 0 aromatic heterocycles. The number of quaternary nitrogens is 1. The molecule has 0 aliphatic heterocycles. The largest absolute Gasteiger partial charge is 0.743 e. The van der Waals surface area contributed by atoms with Gasteiger partial charge in [0.2, 0.25) is 0 Å². The second-order valence-electron chi connectivity index (χ2n) is 9.18. The standard InChI is InChI=1S/C23H29F2NO5S/c1-22(2,14-15-26(3,4)16-18-8-6-5-7-9-18)20-12-10-19(11-13-20)21(27)31-17-23(24,25)32(28,29)30/h5-13H,14-17H2,1-4H3. The second-order valence-corrected chi connectivity index (χ2v) is 10.7. The maximum absolute atomic E-state index is 13.2. The fourth-order valence-electron chi connectivity index (χ4n) is 3.25. The van der Waals surface area contributed by atoms with E-state index in [1.807, 2.05) is 18.2 Å². The average Bonchev–Trinajstić information content (AvgIpc) is 2.70. The maximum atomic E-state index is 13.2. The number of alkyl halides is 2. The molecule has 0 fully saturated rings. The van der Waals surface area contributed by atoms with E-state index in [1.54, 1.807) is 12.1 Å². The summed E-state index contributed by atoms with van der Waals surface area (Å²) in [5.41, 5.74) is 2.00. The van der Waals surface area contributed by atoms with Crippen molar-refractivity contribution in [1.82, 2.24) is 0 Å². The highest BCUT2D eigenvalue weighted by Gasteiger charge is 2.39. The first kappa shape index (κ1) is 25.9. The number of benzene rings is 2. The Kier molecular flexibility index (Phi) is 7.80. The summed E-state index contributed by atoms with van der Waals surface area (Å²) >= 11 is 0. The van der Waals surface area contributed by atoms with Gasteiger partial charge >= 0.3 is 11.2 Å². The first-order valence-corrected chi connectivity index (χ1v) is 11.5. The highest BCUT2D eigenvalue weighted by molar-refractivity contribution is 7.86. The Morgan fingerprint density at radius 3 is 2.12 bits per heavy atom. The van der Waals surface area contributed by atoms with Crippen molar-refractivity contribution in [3.05, 3.63) is 71.3 Å². The van der Waals surface area contributed by atoms with Crippen LogP contribution in [-0.4, -0.2) is 55.9 Å². The number of hydrogen-bond acceptors (Lipinski definition) is 5. The Morgan fingerprint density at radius 2 is 1.59 bits per heavy atom. The molecule has 2 rings (SSSR count). The SMILES string of the molecule is CC(C)(CC[N+](C)(C)Cc1ccccc1)c1ccc(C(=O)OCC(F)(F)S(=O)(=O)[O-])cc1. The van der Waals surface area contributed by atoms with Crippen LogP contribution in [0.4, 0.5) is 8.78 Å². The van der Waals surface area contributed by atoms with Gasteiger partial charge in [-0.25, -0.2) is 13.2 Å². The van der Waals surface area contributed by atoms with Crippen molar-refractivity contribution in [3.8, 4) is 0 Å². The molecule has 176 valence electrons. The van der Waals surface area contributed by atoms with E-state index in [-0.39, 0.29) is 11.0 Å². The van der Waals surface area contributed by atoms with Gasteiger partial charge in [0, 0.05) is 12.0 Å². The van der Waals surface area contributed by atoms with Gasteiger partial charge in [-0.2, -0.15) is 8.78 Å². The van der Waals surface area contributed by atoms with Gasteiger partial charge in [-0.05, 0) is 23.1 Å². The molecule has 0 spiro atoms. The van der Waals surface area contributed by atoms with Crippen LogP contribution in [0.3, 0.4) is 0 Å². The third kappa shape index (κ3) is 7.08. The molecule has 2 aromatic carbocycles. The molecule has 0 saturated heterocycles. The Labute approximate surface area is 188 Å². The van der Waals surface area contributed by atoms with Crippen LogP contribution in [0.25, 0.3) is 0 Å². The highest BCUT2D eigenvalue weighted by atomic mass is 32.2. The van der Waals surface area contributed by atoms with Crippen molar-refractivity contribution < 1.29 is 35.8 Å². The van der Waals surface area contributed by atoms with Crippen LogP contribution in [0.5, 0.6) is 0 Å². The fraction of sp³-hybridized carbons (Fsp3) is 0.435. The van der Waals surface area contributed by atoms with Gasteiger partial charge in [0.15, 0.2) is 16.7 Å². The molecule has 0 aliphatic rings. The van der Waals surface area contributed by atoms with E-state index in [9.17, 15) is 26.5 Å². The lowest BCUT2D eigenvalue weighted by atomic mass is 9.81. The minimum absolute atomic E-state index is 0.0103. The van der Waals surface area contributed by atoms with Gasteiger partial charge in [-0.3, -0.25) is 0 Å². The number of ether oxygens (including phenoxy) is 1. The summed E-state index contributed by atoms with van der Waals surface area (Å²) in [4.78, 5) is 12.0. The van der Waals surface area contributed by atoms with Gasteiger partial charge in [0.1, 0.15) is 6.54 Å². The fourth-order valence-corrected chi connectivity index (χ4v) is 3.45. The van der Waals surface area contributed by atoms with Crippen LogP contribution < -0.4 is 0 Å². The Balaban J connectivity index is 1.99. The molecule has 6 nitrogen and oxygen atoms in total. The molecular formula is C23H29F2NO5S. The van der Waals surface area contributed by atoms with E-state index in [2.05, 4.69) is 44.8 Å².